The largest absolute Gasteiger partial charge is 0.490 e. The molecule has 0 bridgehead atoms. The molecule has 3 heterocycles. The topological polar surface area (TPSA) is 190 Å². The van der Waals surface area contributed by atoms with Gasteiger partial charge in [0, 0.05) is 41.0 Å². The minimum Gasteiger partial charge on any atom is -0.490 e. The fourth-order valence-electron chi connectivity index (χ4n) is 7.09. The zero-order valence-electron chi connectivity index (χ0n) is 36.6. The zero-order chi connectivity index (χ0) is 47.7. The van der Waals surface area contributed by atoms with Crippen LogP contribution >= 0.6 is 11.6 Å². The summed E-state index contributed by atoms with van der Waals surface area (Å²) in [5, 5.41) is 11.5. The molecule has 15 nitrogen and oxygen atoms in total. The molecule has 0 atom stereocenters. The van der Waals surface area contributed by atoms with E-state index in [2.05, 4.69) is 10.1 Å². The van der Waals surface area contributed by atoms with E-state index in [-0.39, 0.29) is 17.8 Å². The molecule has 6 aromatic rings. The van der Waals surface area contributed by atoms with Crippen molar-refractivity contribution in [1.29, 1.82) is 0 Å². The van der Waals surface area contributed by atoms with Gasteiger partial charge < -0.3 is 34.1 Å². The Bertz CT molecular complexity index is 2580. The maximum atomic E-state index is 12.7. The maximum absolute atomic E-state index is 12.7. The van der Waals surface area contributed by atoms with Crippen molar-refractivity contribution in [3.05, 3.63) is 185 Å². The number of fused-ring (bicyclic) bond motifs is 3. The molecule has 0 aliphatic carbocycles. The second-order valence-corrected chi connectivity index (χ2v) is 15.0. The molecule has 3 aliphatic rings. The van der Waals surface area contributed by atoms with Gasteiger partial charge in [-0.05, 0) is 103 Å². The summed E-state index contributed by atoms with van der Waals surface area (Å²) in [6.45, 7) is 2.89. The number of hydroxylamine groups is 1. The van der Waals surface area contributed by atoms with Gasteiger partial charge in [-0.2, -0.15) is 0 Å². The molecule has 0 unspecified atom stereocenters. The molecule has 3 aliphatic heterocycles. The first-order valence-electron chi connectivity index (χ1n) is 21.0. The van der Waals surface area contributed by atoms with Crippen LogP contribution in [0.5, 0.6) is 11.5 Å². The maximum Gasteiger partial charge on any atom is 0.337 e. The number of halogens is 1. The SMILES string of the molecule is COC(=O)c1ccc2c(c1)N(C(=O)c1ccccc1)CCO2.COC(=O)c1ccc2c(c1)NCCO2.O=C(Cl)c1ccccc1.O=C(NO)c1ccc2c(c1)N(C(=O)c1ccccc1)CCC2. The Morgan fingerprint density at radius 3 is 1.64 bits per heavy atom. The Balaban J connectivity index is 0.000000155. The van der Waals surface area contributed by atoms with E-state index in [1.54, 1.807) is 112 Å². The first-order chi connectivity index (χ1) is 32.5. The lowest BCUT2D eigenvalue weighted by atomic mass is 9.98. The lowest BCUT2D eigenvalue weighted by Gasteiger charge is -2.30. The van der Waals surface area contributed by atoms with Crippen molar-refractivity contribution in [1.82, 2.24) is 5.48 Å². The third-order valence-corrected chi connectivity index (χ3v) is 10.6. The van der Waals surface area contributed by atoms with Gasteiger partial charge in [-0.3, -0.25) is 24.4 Å². The molecule has 3 amide bonds. The van der Waals surface area contributed by atoms with Crippen LogP contribution in [0.25, 0.3) is 0 Å². The molecule has 0 fully saturated rings. The van der Waals surface area contributed by atoms with Gasteiger partial charge in [-0.1, -0.05) is 72.8 Å². The van der Waals surface area contributed by atoms with Crippen LogP contribution in [0.4, 0.5) is 17.1 Å². The van der Waals surface area contributed by atoms with Gasteiger partial charge in [0.15, 0.2) is 0 Å². The second kappa shape index (κ2) is 23.8. The lowest BCUT2D eigenvalue weighted by molar-refractivity contribution is 0.0592. The second-order valence-electron chi connectivity index (χ2n) is 14.7. The number of benzene rings is 6. The molecule has 0 saturated heterocycles. The third-order valence-electron chi connectivity index (χ3n) is 10.4. The highest BCUT2D eigenvalue weighted by Crippen LogP contribution is 2.34. The number of hydrogen-bond donors (Lipinski definition) is 3. The predicted molar refractivity (Wildman–Crippen MR) is 252 cm³/mol. The number of rotatable bonds is 6. The van der Waals surface area contributed by atoms with Crippen LogP contribution in [-0.4, -0.2) is 87.2 Å². The van der Waals surface area contributed by atoms with E-state index in [1.807, 2.05) is 48.5 Å². The van der Waals surface area contributed by atoms with E-state index in [0.717, 1.165) is 42.1 Å². The van der Waals surface area contributed by atoms with Crippen molar-refractivity contribution < 1.29 is 52.9 Å². The molecule has 3 N–H and O–H groups in total. The molecule has 0 radical (unpaired) electrons. The molecular formula is C51H47ClN4O11. The summed E-state index contributed by atoms with van der Waals surface area (Å²) in [5.74, 6) is -0.191. The number of anilines is 3. The van der Waals surface area contributed by atoms with E-state index in [9.17, 15) is 28.8 Å². The summed E-state index contributed by atoms with van der Waals surface area (Å²) < 4.78 is 20.3. The summed E-state index contributed by atoms with van der Waals surface area (Å²) in [6.07, 6.45) is 1.76. The first kappa shape index (κ1) is 48.4. The lowest BCUT2D eigenvalue weighted by Crippen LogP contribution is -2.38. The van der Waals surface area contributed by atoms with Crippen LogP contribution < -0.4 is 30.1 Å². The van der Waals surface area contributed by atoms with Gasteiger partial charge in [-0.25, -0.2) is 15.1 Å². The van der Waals surface area contributed by atoms with Gasteiger partial charge in [-0.15, -0.1) is 0 Å². The van der Waals surface area contributed by atoms with Gasteiger partial charge in [0.05, 0.1) is 43.3 Å². The first-order valence-corrected chi connectivity index (χ1v) is 21.4. The van der Waals surface area contributed by atoms with Crippen molar-refractivity contribution in [3.8, 4) is 11.5 Å². The van der Waals surface area contributed by atoms with Gasteiger partial charge in [0.1, 0.15) is 24.7 Å². The van der Waals surface area contributed by atoms with Crippen molar-refractivity contribution in [2.24, 2.45) is 0 Å². The third kappa shape index (κ3) is 12.6. The van der Waals surface area contributed by atoms with E-state index in [0.29, 0.717) is 71.1 Å². The average molecular weight is 927 g/mol. The quantitative estimate of drug-likeness (QED) is 0.0629. The zero-order valence-corrected chi connectivity index (χ0v) is 37.4. The van der Waals surface area contributed by atoms with Gasteiger partial charge in [0.2, 0.25) is 0 Å². The number of nitrogens with zero attached hydrogens (tertiary/aromatic N) is 2. The summed E-state index contributed by atoms with van der Waals surface area (Å²) in [7, 11) is 2.69. The van der Waals surface area contributed by atoms with E-state index >= 15 is 0 Å². The van der Waals surface area contributed by atoms with Gasteiger partial charge >= 0.3 is 11.9 Å². The number of carbonyl (C=O) groups excluding carboxylic acids is 6. The van der Waals surface area contributed by atoms with Crippen molar-refractivity contribution in [2.45, 2.75) is 12.8 Å². The normalized spacial score (nSPS) is 12.7. The minimum absolute atomic E-state index is 0.0805. The van der Waals surface area contributed by atoms with Crippen LogP contribution in [0.2, 0.25) is 0 Å². The number of esters is 2. The van der Waals surface area contributed by atoms with E-state index in [1.165, 1.54) is 14.2 Å². The smallest absolute Gasteiger partial charge is 0.337 e. The Kier molecular flexibility index (Phi) is 17.2. The Hall–Kier alpha value is -8.01. The summed E-state index contributed by atoms with van der Waals surface area (Å²) >= 11 is 5.16. The molecule has 0 aromatic heterocycles. The van der Waals surface area contributed by atoms with Crippen LogP contribution in [0.3, 0.4) is 0 Å². The highest BCUT2D eigenvalue weighted by atomic mass is 35.5. The standard InChI is InChI=1S/C17H16N2O3.C17H15NO4.C10H11NO3.C7H5ClO/c20-16(18-22)14-9-8-12-7-4-10-19(15(12)11-14)17(21)13-5-2-1-3-6-13;1-21-17(20)13-7-8-15-14(11-13)18(9-10-22-15)16(19)12-5-3-2-4-6-12;1-13-10(12)7-2-3-9-8(6-7)11-4-5-14-9;8-7(9)6-4-2-1-3-5-6/h1-3,5-6,8-9,11,22H,4,7,10H2,(H,18,20);2-8,11H,9-10H2,1H3;2-3,6,11H,4-5H2,1H3;1-5H. The Morgan fingerprint density at radius 1 is 0.582 bits per heavy atom. The molecular weight excluding hydrogens is 880 g/mol. The van der Waals surface area contributed by atoms with Crippen LogP contribution in [-0.2, 0) is 15.9 Å². The van der Waals surface area contributed by atoms with Gasteiger partial charge in [0.25, 0.3) is 23.0 Å². The van der Waals surface area contributed by atoms with Crippen LogP contribution in [0.15, 0.2) is 146 Å². The highest BCUT2D eigenvalue weighted by molar-refractivity contribution is 6.67. The fourth-order valence-corrected chi connectivity index (χ4v) is 7.22. The highest BCUT2D eigenvalue weighted by Gasteiger charge is 2.27. The Morgan fingerprint density at radius 2 is 1.09 bits per heavy atom. The van der Waals surface area contributed by atoms with E-state index < -0.39 is 17.1 Å². The number of amides is 3. The van der Waals surface area contributed by atoms with Crippen molar-refractivity contribution in [2.75, 3.05) is 62.2 Å². The van der Waals surface area contributed by atoms with Crippen molar-refractivity contribution >= 4 is 63.6 Å². The number of hydrogen-bond acceptors (Lipinski definition) is 12. The number of carbonyl (C=O) groups is 6. The molecule has 344 valence electrons. The number of aryl methyl sites for hydroxylation is 1. The van der Waals surface area contributed by atoms with Crippen LogP contribution in [0.1, 0.15) is 74.1 Å². The van der Waals surface area contributed by atoms with Crippen molar-refractivity contribution in [3.63, 3.8) is 0 Å². The molecule has 0 saturated carbocycles. The number of methoxy groups -OCH3 is 2. The average Bonchev–Trinajstić information content (AvgIpc) is 3.40. The molecule has 67 heavy (non-hydrogen) atoms. The minimum atomic E-state index is -0.583. The summed E-state index contributed by atoms with van der Waals surface area (Å²) in [4.78, 5) is 73.6. The molecule has 0 spiro atoms. The number of nitrogens with one attached hydrogen (secondary N) is 2. The fraction of sp³-hybridized carbons (Fsp3) is 0.176. The summed E-state index contributed by atoms with van der Waals surface area (Å²) in [5.41, 5.74) is 7.82. The number of ether oxygens (including phenoxy) is 4. The monoisotopic (exact) mass is 926 g/mol. The Labute approximate surface area is 391 Å². The molecule has 16 heteroatoms. The predicted octanol–water partition coefficient (Wildman–Crippen LogP) is 8.25. The summed E-state index contributed by atoms with van der Waals surface area (Å²) in [6, 6.07) is 42.1. The van der Waals surface area contributed by atoms with Crippen LogP contribution in [0, 0.1) is 0 Å². The van der Waals surface area contributed by atoms with E-state index in [4.69, 9.17) is 31.0 Å². The molecule has 6 aromatic carbocycles. The molecule has 9 rings (SSSR count).